The van der Waals surface area contributed by atoms with Gasteiger partial charge in [-0.2, -0.15) is 0 Å². The van der Waals surface area contributed by atoms with Crippen LogP contribution in [0.3, 0.4) is 0 Å². The van der Waals surface area contributed by atoms with Crippen LogP contribution in [0.5, 0.6) is 0 Å². The van der Waals surface area contributed by atoms with Gasteiger partial charge in [-0.3, -0.25) is 0 Å². The Bertz CT molecular complexity index is 606. The smallest absolute Gasteiger partial charge is 0.354 e. The highest BCUT2D eigenvalue weighted by Crippen LogP contribution is 2.24. The lowest BCUT2D eigenvalue weighted by atomic mass is 10.2. The van der Waals surface area contributed by atoms with E-state index in [-0.39, 0.29) is 11.4 Å². The average molecular weight is 268 g/mol. The summed E-state index contributed by atoms with van der Waals surface area (Å²) in [5.41, 5.74) is -0.564. The first-order valence-electron chi connectivity index (χ1n) is 5.08. The summed E-state index contributed by atoms with van der Waals surface area (Å²) in [6.07, 6.45) is 1.10. The van der Waals surface area contributed by atoms with Crippen LogP contribution >= 0.6 is 0 Å². The molecule has 1 aromatic carbocycles. The largest absolute Gasteiger partial charge is 0.477 e. The fourth-order valence-corrected chi connectivity index (χ4v) is 1.40. The van der Waals surface area contributed by atoms with Gasteiger partial charge < -0.3 is 10.4 Å². The first-order valence-corrected chi connectivity index (χ1v) is 5.08. The van der Waals surface area contributed by atoms with Crippen LogP contribution in [0.2, 0.25) is 0 Å². The Morgan fingerprint density at radius 2 is 1.79 bits per heavy atom. The van der Waals surface area contributed by atoms with Crippen molar-refractivity contribution in [3.63, 3.8) is 0 Å². The van der Waals surface area contributed by atoms with Gasteiger partial charge in [0.25, 0.3) is 0 Å². The lowest BCUT2D eigenvalue weighted by Crippen LogP contribution is -2.02. The Balaban J connectivity index is 2.29. The number of carbonyl (C=O) groups is 1. The Labute approximate surface area is 105 Å². The van der Waals surface area contributed by atoms with E-state index in [0.717, 1.165) is 6.20 Å². The Kier molecular flexibility index (Phi) is 3.37. The van der Waals surface area contributed by atoms with E-state index in [0.29, 0.717) is 12.1 Å². The zero-order valence-corrected chi connectivity index (χ0v) is 9.32. The minimum absolute atomic E-state index is 0.175. The summed E-state index contributed by atoms with van der Waals surface area (Å²) in [6.45, 7) is 0. The molecule has 0 fully saturated rings. The second-order valence-corrected chi connectivity index (χ2v) is 3.61. The molecule has 0 radical (unpaired) electrons. The molecule has 0 unspecified atom stereocenters. The van der Waals surface area contributed by atoms with Crippen molar-refractivity contribution in [2.45, 2.75) is 0 Å². The van der Waals surface area contributed by atoms with Gasteiger partial charge in [0, 0.05) is 12.1 Å². The third-order valence-corrected chi connectivity index (χ3v) is 2.26. The fraction of sp³-hybridized carbons (Fsp3) is 0. The molecule has 0 aliphatic carbocycles. The predicted octanol–water partition coefficient (Wildman–Crippen LogP) is 2.94. The van der Waals surface area contributed by atoms with E-state index < -0.39 is 29.1 Å². The molecule has 98 valence electrons. The number of hydrogen-bond donors (Lipinski definition) is 2. The lowest BCUT2D eigenvalue weighted by Gasteiger charge is -2.08. The van der Waals surface area contributed by atoms with E-state index >= 15 is 0 Å². The number of aromatic nitrogens is 1. The zero-order chi connectivity index (χ0) is 14.0. The number of aromatic carboxylic acids is 1. The maximum atomic E-state index is 13.3. The zero-order valence-electron chi connectivity index (χ0n) is 9.32. The molecule has 0 atom stereocenters. The summed E-state index contributed by atoms with van der Waals surface area (Å²) >= 11 is 0. The summed E-state index contributed by atoms with van der Waals surface area (Å²) in [5.74, 6) is -4.44. The van der Waals surface area contributed by atoms with Gasteiger partial charge in [-0.05, 0) is 12.1 Å². The maximum Gasteiger partial charge on any atom is 0.354 e. The van der Waals surface area contributed by atoms with Crippen LogP contribution in [0.1, 0.15) is 10.5 Å². The van der Waals surface area contributed by atoms with Gasteiger partial charge in [0.15, 0.2) is 11.6 Å². The molecule has 0 saturated carbocycles. The van der Waals surface area contributed by atoms with Crippen LogP contribution in [0.4, 0.5) is 24.5 Å². The van der Waals surface area contributed by atoms with E-state index in [2.05, 4.69) is 10.3 Å². The van der Waals surface area contributed by atoms with Crippen LogP contribution in [0.25, 0.3) is 0 Å². The highest BCUT2D eigenvalue weighted by molar-refractivity contribution is 5.85. The molecule has 0 amide bonds. The molecule has 0 bridgehead atoms. The van der Waals surface area contributed by atoms with Crippen molar-refractivity contribution in [2.75, 3.05) is 5.32 Å². The van der Waals surface area contributed by atoms with Crippen LogP contribution in [-0.4, -0.2) is 16.1 Å². The lowest BCUT2D eigenvalue weighted by molar-refractivity contribution is 0.0690. The first kappa shape index (κ1) is 12.9. The third-order valence-electron chi connectivity index (χ3n) is 2.26. The molecule has 2 rings (SSSR count). The van der Waals surface area contributed by atoms with E-state index in [1.807, 2.05) is 0 Å². The molecule has 2 aromatic rings. The second kappa shape index (κ2) is 4.97. The number of hydrogen-bond acceptors (Lipinski definition) is 3. The molecule has 4 nitrogen and oxygen atoms in total. The number of pyridine rings is 1. The topological polar surface area (TPSA) is 62.2 Å². The Hall–Kier alpha value is -2.57. The monoisotopic (exact) mass is 268 g/mol. The molecule has 0 saturated heterocycles. The number of benzene rings is 1. The molecular weight excluding hydrogens is 261 g/mol. The van der Waals surface area contributed by atoms with E-state index in [9.17, 15) is 18.0 Å². The van der Waals surface area contributed by atoms with Crippen molar-refractivity contribution in [3.8, 4) is 0 Å². The van der Waals surface area contributed by atoms with E-state index in [4.69, 9.17) is 5.11 Å². The van der Waals surface area contributed by atoms with Crippen LogP contribution < -0.4 is 5.32 Å². The van der Waals surface area contributed by atoms with Crippen LogP contribution in [0, 0.1) is 17.5 Å². The number of carboxylic acid groups (broad SMARTS) is 1. The number of nitrogens with zero attached hydrogens (tertiary/aromatic N) is 1. The molecule has 19 heavy (non-hydrogen) atoms. The van der Waals surface area contributed by atoms with Crippen molar-refractivity contribution >= 4 is 17.3 Å². The van der Waals surface area contributed by atoms with Gasteiger partial charge in [-0.1, -0.05) is 0 Å². The molecule has 1 aromatic heterocycles. The minimum Gasteiger partial charge on any atom is -0.477 e. The normalized spacial score (nSPS) is 10.3. The first-order chi connectivity index (χ1) is 8.97. The van der Waals surface area contributed by atoms with Crippen molar-refractivity contribution in [3.05, 3.63) is 53.6 Å². The summed E-state index contributed by atoms with van der Waals surface area (Å²) < 4.78 is 39.4. The van der Waals surface area contributed by atoms with Crippen molar-refractivity contribution in [1.82, 2.24) is 4.98 Å². The molecular formula is C12H7F3N2O2. The van der Waals surface area contributed by atoms with E-state index in [1.54, 1.807) is 0 Å². The third kappa shape index (κ3) is 2.82. The number of carboxylic acids is 1. The van der Waals surface area contributed by atoms with Crippen molar-refractivity contribution in [1.29, 1.82) is 0 Å². The summed E-state index contributed by atoms with van der Waals surface area (Å²) in [4.78, 5) is 14.1. The fourth-order valence-electron chi connectivity index (χ4n) is 1.40. The Morgan fingerprint density at radius 1 is 1.16 bits per heavy atom. The molecule has 0 spiro atoms. The van der Waals surface area contributed by atoms with Gasteiger partial charge in [0.2, 0.25) is 0 Å². The van der Waals surface area contributed by atoms with Gasteiger partial charge in [0.1, 0.15) is 17.2 Å². The van der Waals surface area contributed by atoms with Gasteiger partial charge >= 0.3 is 5.97 Å². The molecule has 2 N–H and O–H groups in total. The maximum absolute atomic E-state index is 13.3. The average Bonchev–Trinajstić information content (AvgIpc) is 2.34. The molecule has 0 aliphatic rings. The van der Waals surface area contributed by atoms with Gasteiger partial charge in [-0.15, -0.1) is 0 Å². The molecule has 1 heterocycles. The van der Waals surface area contributed by atoms with Gasteiger partial charge in [0.05, 0.1) is 11.9 Å². The highest BCUT2D eigenvalue weighted by Gasteiger charge is 2.12. The van der Waals surface area contributed by atoms with Crippen molar-refractivity contribution in [2.24, 2.45) is 0 Å². The van der Waals surface area contributed by atoms with Crippen molar-refractivity contribution < 1.29 is 23.1 Å². The number of anilines is 2. The molecule has 0 aliphatic heterocycles. The summed E-state index contributed by atoms with van der Waals surface area (Å²) in [6, 6.07) is 3.53. The number of halogens is 3. The van der Waals surface area contributed by atoms with Gasteiger partial charge in [-0.25, -0.2) is 22.9 Å². The van der Waals surface area contributed by atoms with E-state index in [1.165, 1.54) is 12.1 Å². The number of rotatable bonds is 3. The second-order valence-electron chi connectivity index (χ2n) is 3.61. The number of nitrogens with one attached hydrogen (secondary N) is 1. The molecule has 7 heteroatoms. The summed E-state index contributed by atoms with van der Waals surface area (Å²) in [7, 11) is 0. The Morgan fingerprint density at radius 3 is 2.26 bits per heavy atom. The summed E-state index contributed by atoms with van der Waals surface area (Å²) in [5, 5.41) is 11.0. The van der Waals surface area contributed by atoms with Crippen LogP contribution in [0.15, 0.2) is 30.5 Å². The minimum atomic E-state index is -1.22. The van der Waals surface area contributed by atoms with Crippen LogP contribution in [-0.2, 0) is 0 Å². The predicted molar refractivity (Wildman–Crippen MR) is 60.8 cm³/mol. The quantitative estimate of drug-likeness (QED) is 0.898. The SMILES string of the molecule is O=C(O)c1ccc(Nc2c(F)cc(F)cc2F)cn1. The standard InChI is InChI=1S/C12H7F3N2O2/c13-6-3-8(14)11(9(15)4-6)17-7-1-2-10(12(18)19)16-5-7/h1-5,17H,(H,18,19). The highest BCUT2D eigenvalue weighted by atomic mass is 19.1.